The van der Waals surface area contributed by atoms with E-state index in [2.05, 4.69) is 9.97 Å². The van der Waals surface area contributed by atoms with Crippen molar-refractivity contribution < 1.29 is 14.3 Å². The van der Waals surface area contributed by atoms with Gasteiger partial charge in [-0.2, -0.15) is 0 Å². The molecule has 2 aromatic heterocycles. The average Bonchev–Trinajstić information content (AvgIpc) is 3.18. The summed E-state index contributed by atoms with van der Waals surface area (Å²) in [6.07, 6.45) is 4.63. The number of ether oxygens (including phenoxy) is 2. The monoisotopic (exact) mass is 426 g/mol. The third kappa shape index (κ3) is 3.51. The molecule has 32 heavy (non-hydrogen) atoms. The normalized spacial score (nSPS) is 11.7. The first-order valence-corrected chi connectivity index (χ1v) is 10.5. The first-order valence-electron chi connectivity index (χ1n) is 10.5. The molecular formula is C25H22N4O3. The molecule has 1 aliphatic rings. The minimum atomic E-state index is -0.417. The van der Waals surface area contributed by atoms with Crippen LogP contribution in [0.3, 0.4) is 0 Å². The van der Waals surface area contributed by atoms with Gasteiger partial charge in [0.2, 0.25) is 0 Å². The fraction of sp³-hybridized carbons (Fsp3) is 0.200. The van der Waals surface area contributed by atoms with Gasteiger partial charge in [0.1, 0.15) is 17.9 Å². The molecule has 3 heterocycles. The lowest BCUT2D eigenvalue weighted by molar-refractivity contribution is 0.0519. The molecule has 0 radical (unpaired) electrons. The molecule has 0 amide bonds. The summed E-state index contributed by atoms with van der Waals surface area (Å²) >= 11 is 0. The number of aromatic nitrogens is 4. The molecule has 0 saturated heterocycles. The second kappa shape index (κ2) is 8.26. The molecule has 0 atom stereocenters. The summed E-state index contributed by atoms with van der Waals surface area (Å²) in [4.78, 5) is 26.4. The van der Waals surface area contributed by atoms with Crippen molar-refractivity contribution in [1.29, 1.82) is 0 Å². The van der Waals surface area contributed by atoms with E-state index in [1.54, 1.807) is 20.4 Å². The number of carbonyl (C=O) groups is 1. The average molecular weight is 426 g/mol. The Labute approximate surface area is 185 Å². The summed E-state index contributed by atoms with van der Waals surface area (Å²) in [6, 6.07) is 15.9. The predicted molar refractivity (Wildman–Crippen MR) is 119 cm³/mol. The van der Waals surface area contributed by atoms with Gasteiger partial charge in [-0.25, -0.2) is 19.7 Å². The predicted octanol–water partition coefficient (Wildman–Crippen LogP) is 4.01. The third-order valence-corrected chi connectivity index (χ3v) is 5.55. The Morgan fingerprint density at radius 1 is 1.09 bits per heavy atom. The minimum Gasteiger partial charge on any atom is -0.497 e. The Kier molecular flexibility index (Phi) is 5.15. The fourth-order valence-electron chi connectivity index (χ4n) is 4.00. The highest BCUT2D eigenvalue weighted by atomic mass is 16.5. The molecule has 1 aliphatic heterocycles. The quantitative estimate of drug-likeness (QED) is 0.395. The van der Waals surface area contributed by atoms with Crippen molar-refractivity contribution in [2.24, 2.45) is 0 Å². The van der Waals surface area contributed by atoms with Gasteiger partial charge >= 0.3 is 5.97 Å². The summed E-state index contributed by atoms with van der Waals surface area (Å²) in [6.45, 7) is 2.09. The van der Waals surface area contributed by atoms with Crippen LogP contribution in [0.4, 0.5) is 0 Å². The minimum absolute atomic E-state index is 0.302. The number of hydrogen-bond donors (Lipinski definition) is 0. The number of methoxy groups -OCH3 is 1. The van der Waals surface area contributed by atoms with E-state index in [0.29, 0.717) is 25.1 Å². The molecule has 0 fully saturated rings. The number of esters is 1. The Morgan fingerprint density at radius 2 is 1.91 bits per heavy atom. The van der Waals surface area contributed by atoms with Crippen LogP contribution >= 0.6 is 0 Å². The van der Waals surface area contributed by atoms with E-state index in [1.807, 2.05) is 59.3 Å². The van der Waals surface area contributed by atoms with Crippen LogP contribution in [-0.4, -0.2) is 39.2 Å². The molecule has 0 bridgehead atoms. The van der Waals surface area contributed by atoms with Crippen molar-refractivity contribution in [2.75, 3.05) is 13.7 Å². The van der Waals surface area contributed by atoms with E-state index >= 15 is 0 Å². The van der Waals surface area contributed by atoms with Crippen molar-refractivity contribution in [1.82, 2.24) is 19.5 Å². The molecule has 0 unspecified atom stereocenters. The molecule has 0 saturated carbocycles. The standard InChI is InChI=1S/C25H22N4O3/c1-3-32-25(30)24-21-13-17-14-26-22(12-16-8-10-18(31-2)11-9-16)28-23(17)19-6-4-5-7-20(19)29(21)15-27-24/h4-11,14-15H,3,12-13H2,1-2H3. The van der Waals surface area contributed by atoms with Crippen LogP contribution in [0, 0.1) is 0 Å². The molecule has 160 valence electrons. The summed E-state index contributed by atoms with van der Waals surface area (Å²) < 4.78 is 12.4. The highest BCUT2D eigenvalue weighted by Gasteiger charge is 2.26. The number of rotatable bonds is 5. The number of nitrogens with zero attached hydrogens (tertiary/aromatic N) is 4. The zero-order chi connectivity index (χ0) is 22.1. The van der Waals surface area contributed by atoms with Gasteiger partial charge in [-0.05, 0) is 30.7 Å². The zero-order valence-corrected chi connectivity index (χ0v) is 17.9. The van der Waals surface area contributed by atoms with Crippen LogP contribution in [0.5, 0.6) is 5.75 Å². The van der Waals surface area contributed by atoms with Gasteiger partial charge in [0.15, 0.2) is 5.69 Å². The second-order valence-electron chi connectivity index (χ2n) is 7.51. The van der Waals surface area contributed by atoms with Gasteiger partial charge in [-0.3, -0.25) is 0 Å². The van der Waals surface area contributed by atoms with Gasteiger partial charge < -0.3 is 14.0 Å². The van der Waals surface area contributed by atoms with Gasteiger partial charge in [0.05, 0.1) is 30.8 Å². The maximum Gasteiger partial charge on any atom is 0.358 e. The van der Waals surface area contributed by atoms with Gasteiger partial charge in [0.25, 0.3) is 0 Å². The van der Waals surface area contributed by atoms with E-state index in [4.69, 9.17) is 14.5 Å². The van der Waals surface area contributed by atoms with E-state index in [-0.39, 0.29) is 0 Å². The van der Waals surface area contributed by atoms with Crippen LogP contribution in [0.15, 0.2) is 61.1 Å². The SMILES string of the molecule is CCOC(=O)c1ncn2c1Cc1cnc(Cc3ccc(OC)cc3)nc1-c1ccccc1-2. The Balaban J connectivity index is 1.58. The molecular weight excluding hydrogens is 404 g/mol. The third-order valence-electron chi connectivity index (χ3n) is 5.55. The Morgan fingerprint density at radius 3 is 2.69 bits per heavy atom. The summed E-state index contributed by atoms with van der Waals surface area (Å²) in [5.41, 5.74) is 5.94. The molecule has 0 spiro atoms. The molecule has 7 nitrogen and oxygen atoms in total. The second-order valence-corrected chi connectivity index (χ2v) is 7.51. The van der Waals surface area contributed by atoms with Gasteiger partial charge in [-0.1, -0.05) is 30.3 Å². The number of para-hydroxylation sites is 1. The van der Waals surface area contributed by atoms with Gasteiger partial charge in [-0.15, -0.1) is 0 Å². The number of carbonyl (C=O) groups excluding carboxylic acids is 1. The van der Waals surface area contributed by atoms with Crippen molar-refractivity contribution >= 4 is 5.97 Å². The van der Waals surface area contributed by atoms with Crippen molar-refractivity contribution in [2.45, 2.75) is 19.8 Å². The smallest absolute Gasteiger partial charge is 0.358 e. The number of imidazole rings is 1. The van der Waals surface area contributed by atoms with E-state index in [9.17, 15) is 4.79 Å². The maximum absolute atomic E-state index is 12.5. The Bertz CT molecular complexity index is 1300. The molecule has 4 aromatic rings. The van der Waals surface area contributed by atoms with Crippen LogP contribution in [0.2, 0.25) is 0 Å². The molecule has 7 heteroatoms. The topological polar surface area (TPSA) is 79.1 Å². The number of benzene rings is 2. The largest absolute Gasteiger partial charge is 0.497 e. The molecule has 5 rings (SSSR count). The van der Waals surface area contributed by atoms with E-state index in [1.165, 1.54) is 0 Å². The van der Waals surface area contributed by atoms with Gasteiger partial charge in [0, 0.05) is 30.2 Å². The highest BCUT2D eigenvalue weighted by molar-refractivity contribution is 5.89. The zero-order valence-electron chi connectivity index (χ0n) is 17.9. The number of hydrogen-bond acceptors (Lipinski definition) is 6. The van der Waals surface area contributed by atoms with Crippen molar-refractivity contribution in [3.05, 3.63) is 89.4 Å². The van der Waals surface area contributed by atoms with Crippen LogP contribution in [0.25, 0.3) is 16.9 Å². The van der Waals surface area contributed by atoms with Crippen molar-refractivity contribution in [3.8, 4) is 22.7 Å². The molecule has 2 aromatic carbocycles. The lowest BCUT2D eigenvalue weighted by atomic mass is 10.0. The van der Waals surface area contributed by atoms with Crippen LogP contribution in [-0.2, 0) is 17.6 Å². The fourth-order valence-corrected chi connectivity index (χ4v) is 4.00. The van der Waals surface area contributed by atoms with Crippen molar-refractivity contribution in [3.63, 3.8) is 0 Å². The summed E-state index contributed by atoms with van der Waals surface area (Å²) in [5.74, 6) is 1.14. The molecule has 0 N–H and O–H groups in total. The Hall–Kier alpha value is -4.00. The summed E-state index contributed by atoms with van der Waals surface area (Å²) in [7, 11) is 1.65. The lowest BCUT2D eigenvalue weighted by Gasteiger charge is -2.10. The highest BCUT2D eigenvalue weighted by Crippen LogP contribution is 2.35. The summed E-state index contributed by atoms with van der Waals surface area (Å²) in [5, 5.41) is 0. The van der Waals surface area contributed by atoms with Crippen LogP contribution < -0.4 is 4.74 Å². The lowest BCUT2D eigenvalue weighted by Crippen LogP contribution is -2.10. The number of fused-ring (bicyclic) bond motifs is 5. The molecule has 0 aliphatic carbocycles. The van der Waals surface area contributed by atoms with E-state index in [0.717, 1.165) is 45.3 Å². The first-order chi connectivity index (χ1) is 15.7. The van der Waals surface area contributed by atoms with Crippen LogP contribution in [0.1, 0.15) is 40.1 Å². The van der Waals surface area contributed by atoms with E-state index < -0.39 is 5.97 Å². The maximum atomic E-state index is 12.5. The first kappa shape index (κ1) is 19.9.